The highest BCUT2D eigenvalue weighted by molar-refractivity contribution is 7.07. The zero-order valence-electron chi connectivity index (χ0n) is 19.7. The van der Waals surface area contributed by atoms with Crippen molar-refractivity contribution in [2.75, 3.05) is 7.11 Å². The van der Waals surface area contributed by atoms with Crippen molar-refractivity contribution < 1.29 is 14.8 Å². The van der Waals surface area contributed by atoms with Crippen LogP contribution in [-0.4, -0.2) is 16.6 Å². The fraction of sp³-hybridized carbons (Fsp3) is 0.143. The smallest absolute Gasteiger partial charge is 0.271 e. The first-order valence-corrected chi connectivity index (χ1v) is 12.5. The number of fused-ring (bicyclic) bond motifs is 3. The third kappa shape index (κ3) is 3.84. The van der Waals surface area contributed by atoms with Gasteiger partial charge < -0.3 is 9.84 Å². The third-order valence-corrected chi connectivity index (χ3v) is 7.76. The van der Waals surface area contributed by atoms with Crippen molar-refractivity contribution in [2.45, 2.75) is 18.9 Å². The fourth-order valence-corrected chi connectivity index (χ4v) is 6.03. The Balaban J connectivity index is 1.59. The van der Waals surface area contributed by atoms with E-state index in [9.17, 15) is 20.0 Å². The second kappa shape index (κ2) is 8.86. The van der Waals surface area contributed by atoms with Crippen LogP contribution < -0.4 is 24.7 Å². The average molecular weight is 511 g/mol. The Morgan fingerprint density at radius 2 is 1.89 bits per heavy atom. The molecule has 0 saturated heterocycles. The van der Waals surface area contributed by atoms with E-state index in [1.54, 1.807) is 17.8 Å². The molecule has 0 bridgehead atoms. The minimum absolute atomic E-state index is 0.233. The number of thiazole rings is 1. The van der Waals surface area contributed by atoms with Crippen molar-refractivity contribution in [3.63, 3.8) is 0 Å². The van der Waals surface area contributed by atoms with Gasteiger partial charge in [0.25, 0.3) is 11.2 Å². The first kappa shape index (κ1) is 22.9. The van der Waals surface area contributed by atoms with Crippen LogP contribution in [0.15, 0.2) is 82.1 Å². The summed E-state index contributed by atoms with van der Waals surface area (Å²) in [6.45, 7) is 0. The number of allylic oxidation sites excluding steroid dienone is 1. The molecule has 0 unspecified atom stereocenters. The normalized spacial score (nSPS) is 16.5. The van der Waals surface area contributed by atoms with E-state index in [1.807, 2.05) is 36.4 Å². The molecule has 0 fully saturated rings. The highest BCUT2D eigenvalue weighted by atomic mass is 32.1. The highest BCUT2D eigenvalue weighted by Gasteiger charge is 2.32. The largest absolute Gasteiger partial charge is 0.868 e. The number of ether oxygens (including phenoxy) is 1. The summed E-state index contributed by atoms with van der Waals surface area (Å²) in [6.07, 6.45) is 3.21. The zero-order chi connectivity index (χ0) is 25.7. The van der Waals surface area contributed by atoms with Crippen LogP contribution in [0, 0.1) is 10.1 Å². The maximum Gasteiger partial charge on any atom is 0.271 e. The van der Waals surface area contributed by atoms with Crippen molar-refractivity contribution in [3.8, 4) is 11.5 Å². The summed E-state index contributed by atoms with van der Waals surface area (Å²) >= 11 is 1.23. The van der Waals surface area contributed by atoms with Gasteiger partial charge in [0, 0.05) is 11.6 Å². The molecule has 184 valence electrons. The molecule has 1 aromatic heterocycles. The molecular formula is C28H20N3O5S-. The number of hydrogen-bond acceptors (Lipinski definition) is 7. The van der Waals surface area contributed by atoms with Gasteiger partial charge in [0.05, 0.1) is 28.3 Å². The van der Waals surface area contributed by atoms with Gasteiger partial charge in [-0.25, -0.2) is 4.99 Å². The molecule has 2 heterocycles. The standard InChI is InChI=1S/C28H21N3O5S/c1-36-19-10-7-18(8-11-19)26-21-12-9-17-4-2-3-5-20(17)25(21)29-28-30(26)27(33)24(37-28)15-16-6-13-23(32)22(14-16)31(34)35/h2-8,10-11,13-15,26,32H,9,12H2,1H3/p-1/b24-15+/t26-/m1/s1. The van der Waals surface area contributed by atoms with Gasteiger partial charge in [-0.05, 0) is 59.1 Å². The SMILES string of the molecule is COc1ccc([C@@H]2C3=C(N=c4s/c(=C/c5ccc([O-])c([N+](=O)[O-])c5)c(=O)n42)c2ccccc2CC3)cc1. The van der Waals surface area contributed by atoms with Crippen LogP contribution in [0.3, 0.4) is 0 Å². The van der Waals surface area contributed by atoms with Crippen LogP contribution in [0.25, 0.3) is 11.8 Å². The lowest BCUT2D eigenvalue weighted by Crippen LogP contribution is -2.38. The van der Waals surface area contributed by atoms with Crippen molar-refractivity contribution >= 4 is 28.8 Å². The molecule has 4 aromatic rings. The minimum atomic E-state index is -0.712. The average Bonchev–Trinajstić information content (AvgIpc) is 3.22. The number of aryl methyl sites for hydroxylation is 1. The van der Waals surface area contributed by atoms with Gasteiger partial charge in [0.15, 0.2) is 4.80 Å². The molecule has 3 aromatic carbocycles. The Labute approximate surface area is 214 Å². The van der Waals surface area contributed by atoms with Crippen LogP contribution in [-0.2, 0) is 6.42 Å². The minimum Gasteiger partial charge on any atom is -0.868 e. The predicted molar refractivity (Wildman–Crippen MR) is 138 cm³/mol. The van der Waals surface area contributed by atoms with Gasteiger partial charge in [-0.2, -0.15) is 0 Å². The molecule has 37 heavy (non-hydrogen) atoms. The molecule has 1 atom stereocenters. The number of rotatable bonds is 4. The first-order valence-electron chi connectivity index (χ1n) is 11.7. The molecule has 0 spiro atoms. The van der Waals surface area contributed by atoms with Gasteiger partial charge in [0.1, 0.15) is 5.75 Å². The fourth-order valence-electron chi connectivity index (χ4n) is 5.03. The molecule has 0 radical (unpaired) electrons. The highest BCUT2D eigenvalue weighted by Crippen LogP contribution is 2.41. The molecule has 0 saturated carbocycles. The van der Waals surface area contributed by atoms with Gasteiger partial charge in [-0.1, -0.05) is 59.9 Å². The topological polar surface area (TPSA) is 110 Å². The predicted octanol–water partition coefficient (Wildman–Crippen LogP) is 3.31. The number of nitrogens with zero attached hydrogens (tertiary/aromatic N) is 3. The van der Waals surface area contributed by atoms with Crippen molar-refractivity contribution in [1.82, 2.24) is 4.57 Å². The lowest BCUT2D eigenvalue weighted by Gasteiger charge is -2.30. The van der Waals surface area contributed by atoms with Gasteiger partial charge in [-0.3, -0.25) is 19.5 Å². The number of nitro groups is 1. The van der Waals surface area contributed by atoms with Gasteiger partial charge in [-0.15, -0.1) is 0 Å². The summed E-state index contributed by atoms with van der Waals surface area (Å²) in [5, 5.41) is 23.1. The summed E-state index contributed by atoms with van der Waals surface area (Å²) in [5.74, 6) is 0.0530. The van der Waals surface area contributed by atoms with E-state index in [-0.39, 0.29) is 11.6 Å². The van der Waals surface area contributed by atoms with E-state index < -0.39 is 16.4 Å². The van der Waals surface area contributed by atoms with Crippen molar-refractivity contribution in [3.05, 3.63) is 124 Å². The maximum absolute atomic E-state index is 13.8. The van der Waals surface area contributed by atoms with E-state index in [1.165, 1.54) is 29.0 Å². The third-order valence-electron chi connectivity index (χ3n) is 6.78. The summed E-state index contributed by atoms with van der Waals surface area (Å²) in [7, 11) is 1.61. The molecule has 6 rings (SSSR count). The number of aromatic nitrogens is 1. The Morgan fingerprint density at radius 3 is 2.65 bits per heavy atom. The van der Waals surface area contributed by atoms with Gasteiger partial charge >= 0.3 is 0 Å². The number of hydrogen-bond donors (Lipinski definition) is 0. The zero-order valence-corrected chi connectivity index (χ0v) is 20.5. The van der Waals surface area contributed by atoms with E-state index >= 15 is 0 Å². The van der Waals surface area contributed by atoms with E-state index in [0.717, 1.165) is 47.1 Å². The van der Waals surface area contributed by atoms with Gasteiger partial charge in [0.2, 0.25) is 0 Å². The second-order valence-electron chi connectivity index (χ2n) is 8.87. The second-order valence-corrected chi connectivity index (χ2v) is 9.88. The van der Waals surface area contributed by atoms with Crippen molar-refractivity contribution in [1.29, 1.82) is 0 Å². The van der Waals surface area contributed by atoms with Crippen molar-refractivity contribution in [2.24, 2.45) is 4.99 Å². The quantitative estimate of drug-likeness (QED) is 0.309. The number of methoxy groups -OCH3 is 1. The molecule has 8 nitrogen and oxygen atoms in total. The molecular weight excluding hydrogens is 490 g/mol. The lowest BCUT2D eigenvalue weighted by molar-refractivity contribution is -0.398. The van der Waals surface area contributed by atoms with Crippen LogP contribution in [0.1, 0.15) is 34.7 Å². The van der Waals surface area contributed by atoms with Crippen LogP contribution in [0.4, 0.5) is 5.69 Å². The summed E-state index contributed by atoms with van der Waals surface area (Å²) in [6, 6.07) is 19.4. The van der Waals surface area contributed by atoms with E-state index in [4.69, 9.17) is 9.73 Å². The summed E-state index contributed by atoms with van der Waals surface area (Å²) in [5.41, 5.74) is 4.86. The van der Waals surface area contributed by atoms with Crippen LogP contribution in [0.2, 0.25) is 0 Å². The first-order chi connectivity index (χ1) is 17.9. The Hall–Kier alpha value is -4.50. The lowest BCUT2D eigenvalue weighted by atomic mass is 9.83. The Kier molecular flexibility index (Phi) is 5.49. The Morgan fingerprint density at radius 1 is 1.11 bits per heavy atom. The molecule has 1 aliphatic carbocycles. The number of nitro benzene ring substituents is 1. The monoisotopic (exact) mass is 510 g/mol. The molecule has 0 amide bonds. The maximum atomic E-state index is 13.8. The summed E-state index contributed by atoms with van der Waals surface area (Å²) < 4.78 is 7.43. The molecule has 1 aliphatic heterocycles. The summed E-state index contributed by atoms with van der Waals surface area (Å²) in [4.78, 5) is 29.8. The van der Waals surface area contributed by atoms with Crippen LogP contribution in [0.5, 0.6) is 11.5 Å². The Bertz CT molecular complexity index is 1780. The molecule has 0 N–H and O–H groups in total. The molecule has 2 aliphatic rings. The number of benzene rings is 3. The van der Waals surface area contributed by atoms with Crippen LogP contribution >= 0.6 is 11.3 Å². The molecule has 9 heteroatoms. The van der Waals surface area contributed by atoms with E-state index in [0.29, 0.717) is 14.9 Å². The van der Waals surface area contributed by atoms with E-state index in [2.05, 4.69) is 12.1 Å².